The Morgan fingerprint density at radius 3 is 1.67 bits per heavy atom. The highest BCUT2D eigenvalue weighted by molar-refractivity contribution is 7.72. The number of hydrogen-bond donors (Lipinski definition) is 1. The molecule has 3 aromatic carbocycles. The third kappa shape index (κ3) is 5.37. The molecule has 0 saturated heterocycles. The highest BCUT2D eigenvalue weighted by Gasteiger charge is 2.23. The molecule has 0 spiro atoms. The first kappa shape index (κ1) is 22.2. The summed E-state index contributed by atoms with van der Waals surface area (Å²) in [6, 6.07) is 19.0. The van der Waals surface area contributed by atoms with E-state index in [1.165, 1.54) is 11.6 Å². The third-order valence-corrected chi connectivity index (χ3v) is 6.87. The van der Waals surface area contributed by atoms with Crippen molar-refractivity contribution in [3.05, 3.63) is 113 Å². The normalized spacial score (nSPS) is 14.3. The van der Waals surface area contributed by atoms with Crippen molar-refractivity contribution >= 4 is 46.2 Å². The minimum absolute atomic E-state index is 0.114. The van der Waals surface area contributed by atoms with Crippen LogP contribution < -0.4 is 5.09 Å². The van der Waals surface area contributed by atoms with Gasteiger partial charge in [-0.15, -0.1) is 0 Å². The standard InChI is InChI=1S/C22H15Cl2F3NOP/c23-17(15-7-3-1-4-8-15)13-30(29,14-18(24)16-9-5-2-6-10-16)28-20-12-11-19(25)21(26)22(20)27/h1-14H,(H,28,29). The van der Waals surface area contributed by atoms with Gasteiger partial charge in [0.05, 0.1) is 15.8 Å². The van der Waals surface area contributed by atoms with Crippen LogP contribution in [0.25, 0.3) is 10.1 Å². The summed E-state index contributed by atoms with van der Waals surface area (Å²) in [7, 11) is -3.81. The van der Waals surface area contributed by atoms with Crippen molar-refractivity contribution in [2.75, 3.05) is 5.09 Å². The highest BCUT2D eigenvalue weighted by Crippen LogP contribution is 2.54. The third-order valence-electron chi connectivity index (χ3n) is 4.04. The van der Waals surface area contributed by atoms with E-state index in [4.69, 9.17) is 23.2 Å². The van der Waals surface area contributed by atoms with Gasteiger partial charge in [0.25, 0.3) is 0 Å². The van der Waals surface area contributed by atoms with E-state index >= 15 is 0 Å². The molecule has 0 aliphatic carbocycles. The van der Waals surface area contributed by atoms with E-state index in [2.05, 4.69) is 5.09 Å². The Morgan fingerprint density at radius 1 is 0.733 bits per heavy atom. The van der Waals surface area contributed by atoms with E-state index in [-0.39, 0.29) is 10.1 Å². The van der Waals surface area contributed by atoms with Gasteiger partial charge in [-0.2, -0.15) is 0 Å². The number of anilines is 1. The largest absolute Gasteiger partial charge is 0.328 e. The lowest BCUT2D eigenvalue weighted by atomic mass is 10.2. The van der Waals surface area contributed by atoms with Gasteiger partial charge < -0.3 is 5.09 Å². The average Bonchev–Trinajstić information content (AvgIpc) is 2.75. The molecule has 8 heteroatoms. The maximum Gasteiger partial charge on any atom is 0.216 e. The highest BCUT2D eigenvalue weighted by atomic mass is 35.5. The first-order valence-electron chi connectivity index (χ1n) is 8.68. The first-order chi connectivity index (χ1) is 14.3. The van der Waals surface area contributed by atoms with E-state index in [1.54, 1.807) is 60.7 Å². The molecule has 2 nitrogen and oxygen atoms in total. The van der Waals surface area contributed by atoms with Crippen LogP contribution in [-0.2, 0) is 4.57 Å². The summed E-state index contributed by atoms with van der Waals surface area (Å²) in [4.78, 5) is 0. The minimum Gasteiger partial charge on any atom is -0.328 e. The average molecular weight is 468 g/mol. The fourth-order valence-corrected chi connectivity index (χ4v) is 5.43. The van der Waals surface area contributed by atoms with Crippen LogP contribution in [0.5, 0.6) is 0 Å². The van der Waals surface area contributed by atoms with Crippen LogP contribution in [0, 0.1) is 17.5 Å². The maximum atomic E-state index is 14.2. The Labute approximate surface area is 182 Å². The van der Waals surface area contributed by atoms with Crippen LogP contribution in [0.4, 0.5) is 18.9 Å². The number of benzene rings is 3. The van der Waals surface area contributed by atoms with Crippen LogP contribution in [-0.4, -0.2) is 0 Å². The SMILES string of the molecule is O=P(C=C(Cl)c1ccccc1)(C=C(Cl)c1ccccc1)Nc1ccc(F)c(F)c1F. The molecule has 0 aliphatic rings. The van der Waals surface area contributed by atoms with Crippen molar-refractivity contribution < 1.29 is 17.7 Å². The molecule has 0 saturated carbocycles. The Bertz CT molecular complexity index is 1090. The molecule has 0 fully saturated rings. The zero-order valence-electron chi connectivity index (χ0n) is 15.3. The maximum absolute atomic E-state index is 14.2. The van der Waals surface area contributed by atoms with Crippen LogP contribution in [0.1, 0.15) is 11.1 Å². The summed E-state index contributed by atoms with van der Waals surface area (Å²) in [5, 5.41) is 2.67. The Kier molecular flexibility index (Phi) is 7.09. The zero-order valence-corrected chi connectivity index (χ0v) is 17.7. The lowest BCUT2D eigenvalue weighted by molar-refractivity contribution is 0.449. The Hall–Kier alpha value is -2.46. The van der Waals surface area contributed by atoms with Gasteiger partial charge in [0.2, 0.25) is 7.29 Å². The van der Waals surface area contributed by atoms with Crippen LogP contribution in [0.3, 0.4) is 0 Å². The van der Waals surface area contributed by atoms with Crippen LogP contribution in [0.15, 0.2) is 84.4 Å². The molecule has 0 heterocycles. The molecule has 0 aliphatic heterocycles. The predicted molar refractivity (Wildman–Crippen MR) is 118 cm³/mol. The molecule has 1 N–H and O–H groups in total. The van der Waals surface area contributed by atoms with Crippen molar-refractivity contribution in [2.45, 2.75) is 0 Å². The molecule has 3 rings (SSSR count). The number of hydrogen-bond acceptors (Lipinski definition) is 1. The quantitative estimate of drug-likeness (QED) is 0.292. The fourth-order valence-electron chi connectivity index (χ4n) is 2.58. The van der Waals surface area contributed by atoms with Crippen molar-refractivity contribution in [1.29, 1.82) is 0 Å². The molecule has 0 unspecified atom stereocenters. The van der Waals surface area contributed by atoms with Gasteiger partial charge in [-0.05, 0) is 23.3 Å². The molecule has 3 aromatic rings. The van der Waals surface area contributed by atoms with Gasteiger partial charge in [-0.1, -0.05) is 83.9 Å². The second-order valence-corrected chi connectivity index (χ2v) is 9.20. The second-order valence-electron chi connectivity index (χ2n) is 6.23. The molecule has 154 valence electrons. The smallest absolute Gasteiger partial charge is 0.216 e. The molecule has 30 heavy (non-hydrogen) atoms. The number of halogens is 5. The number of nitrogens with one attached hydrogen (secondary N) is 1. The number of rotatable bonds is 6. The first-order valence-corrected chi connectivity index (χ1v) is 11.3. The Morgan fingerprint density at radius 2 is 1.20 bits per heavy atom. The van der Waals surface area contributed by atoms with Gasteiger partial charge in [-0.3, -0.25) is 4.57 Å². The second kappa shape index (κ2) is 9.57. The molecule has 0 aromatic heterocycles. The summed E-state index contributed by atoms with van der Waals surface area (Å²) >= 11 is 12.7. The van der Waals surface area contributed by atoms with Gasteiger partial charge in [0.15, 0.2) is 17.5 Å². The minimum atomic E-state index is -3.81. The summed E-state index contributed by atoms with van der Waals surface area (Å²) in [5.74, 6) is -2.15. The Balaban J connectivity index is 2.09. The molecule has 0 bridgehead atoms. The summed E-state index contributed by atoms with van der Waals surface area (Å²) in [6.07, 6.45) is 0. The van der Waals surface area contributed by atoms with Crippen molar-refractivity contribution in [1.82, 2.24) is 0 Å². The van der Waals surface area contributed by atoms with Crippen molar-refractivity contribution in [3.8, 4) is 0 Å². The van der Waals surface area contributed by atoms with Crippen LogP contribution >= 0.6 is 30.5 Å². The van der Waals surface area contributed by atoms with E-state index in [9.17, 15) is 17.7 Å². The lowest BCUT2D eigenvalue weighted by Crippen LogP contribution is -2.00. The van der Waals surface area contributed by atoms with E-state index < -0.39 is 30.4 Å². The van der Waals surface area contributed by atoms with Gasteiger partial charge in [0.1, 0.15) is 0 Å². The molecule has 0 atom stereocenters. The van der Waals surface area contributed by atoms with Gasteiger partial charge in [-0.25, -0.2) is 13.2 Å². The molecule has 0 amide bonds. The summed E-state index contributed by atoms with van der Waals surface area (Å²) in [6.45, 7) is 0. The topological polar surface area (TPSA) is 29.1 Å². The van der Waals surface area contributed by atoms with Crippen molar-refractivity contribution in [2.24, 2.45) is 0 Å². The van der Waals surface area contributed by atoms with E-state index in [0.29, 0.717) is 11.1 Å². The lowest BCUT2D eigenvalue weighted by Gasteiger charge is -2.16. The summed E-state index contributed by atoms with van der Waals surface area (Å²) in [5.41, 5.74) is 0.646. The van der Waals surface area contributed by atoms with Crippen molar-refractivity contribution in [3.63, 3.8) is 0 Å². The summed E-state index contributed by atoms with van der Waals surface area (Å²) < 4.78 is 54.8. The fraction of sp³-hybridized carbons (Fsp3) is 0. The molecular weight excluding hydrogens is 453 g/mol. The van der Waals surface area contributed by atoms with Gasteiger partial charge >= 0.3 is 0 Å². The van der Waals surface area contributed by atoms with E-state index in [0.717, 1.165) is 12.1 Å². The zero-order chi connectivity index (χ0) is 21.7. The monoisotopic (exact) mass is 467 g/mol. The van der Waals surface area contributed by atoms with Gasteiger partial charge in [0, 0.05) is 11.6 Å². The predicted octanol–water partition coefficient (Wildman–Crippen LogP) is 8.27. The van der Waals surface area contributed by atoms with Crippen LogP contribution in [0.2, 0.25) is 0 Å². The molecular formula is C22H15Cl2F3NOP. The van der Waals surface area contributed by atoms with E-state index in [1.807, 2.05) is 0 Å². The molecule has 0 radical (unpaired) electrons.